The number of thiophene rings is 1. The predicted octanol–water partition coefficient (Wildman–Crippen LogP) is 8.20. The van der Waals surface area contributed by atoms with Gasteiger partial charge in [-0.1, -0.05) is 56.7 Å². The molecule has 0 fully saturated rings. The number of aryl methyl sites for hydroxylation is 2. The van der Waals surface area contributed by atoms with Gasteiger partial charge in [-0.05, 0) is 79.6 Å². The Morgan fingerprint density at radius 3 is 2.24 bits per heavy atom. The average Bonchev–Trinajstić information content (AvgIpc) is 3.46. The lowest BCUT2D eigenvalue weighted by Crippen LogP contribution is -2.20. The van der Waals surface area contributed by atoms with Gasteiger partial charge in [0, 0.05) is 53.2 Å². The molecule has 0 aliphatic rings. The number of carbonyl (C=O) groups is 1. The summed E-state index contributed by atoms with van der Waals surface area (Å²) in [4.78, 5) is 12.2. The van der Waals surface area contributed by atoms with Crippen LogP contribution >= 0.6 is 11.3 Å². The van der Waals surface area contributed by atoms with Crippen molar-refractivity contribution in [2.45, 2.75) is 85.2 Å². The quantitative estimate of drug-likeness (QED) is 0.156. The van der Waals surface area contributed by atoms with Crippen molar-refractivity contribution in [2.24, 2.45) is 0 Å². The fourth-order valence-corrected chi connectivity index (χ4v) is 6.16. The molecule has 1 amide bonds. The number of aromatic nitrogens is 1. The van der Waals surface area contributed by atoms with E-state index in [4.69, 9.17) is 0 Å². The maximum atomic E-state index is 10.9. The number of unbranched alkanes of at least 4 members (excludes halogenated alkanes) is 7. The topological polar surface area (TPSA) is 46.1 Å². The van der Waals surface area contributed by atoms with Crippen LogP contribution in [-0.2, 0) is 17.9 Å². The number of nitrogens with zero attached hydrogens (tertiary/aromatic N) is 1. The normalized spacial score (nSPS) is 11.5. The Balaban J connectivity index is 1.23. The van der Waals surface area contributed by atoms with Gasteiger partial charge in [-0.15, -0.1) is 11.3 Å². The zero-order valence-electron chi connectivity index (χ0n) is 22.9. The van der Waals surface area contributed by atoms with Gasteiger partial charge in [0.05, 0.1) is 0 Å². The lowest BCUT2D eigenvalue weighted by molar-refractivity contribution is -0.118. The van der Waals surface area contributed by atoms with Gasteiger partial charge in [-0.2, -0.15) is 0 Å². The molecule has 4 rings (SSSR count). The van der Waals surface area contributed by atoms with E-state index in [9.17, 15) is 4.79 Å². The van der Waals surface area contributed by atoms with E-state index in [1.807, 2.05) is 11.3 Å². The van der Waals surface area contributed by atoms with Gasteiger partial charge < -0.3 is 15.2 Å². The summed E-state index contributed by atoms with van der Waals surface area (Å²) < 4.78 is 2.45. The molecule has 0 aliphatic heterocycles. The van der Waals surface area contributed by atoms with E-state index in [0.29, 0.717) is 0 Å². The van der Waals surface area contributed by atoms with E-state index in [-0.39, 0.29) is 5.91 Å². The zero-order valence-corrected chi connectivity index (χ0v) is 23.7. The molecule has 0 aliphatic carbocycles. The third-order valence-electron chi connectivity index (χ3n) is 7.25. The number of rotatable bonds is 15. The van der Waals surface area contributed by atoms with Crippen molar-refractivity contribution < 1.29 is 4.79 Å². The molecule has 4 nitrogen and oxygen atoms in total. The Kier molecular flexibility index (Phi) is 10.2. The molecule has 4 aromatic rings. The zero-order chi connectivity index (χ0) is 26.0. The van der Waals surface area contributed by atoms with E-state index >= 15 is 0 Å². The van der Waals surface area contributed by atoms with Gasteiger partial charge in [-0.3, -0.25) is 4.79 Å². The lowest BCUT2D eigenvalue weighted by Gasteiger charge is -2.07. The number of nitrogens with one attached hydrogen (secondary N) is 2. The Hall–Kier alpha value is -2.63. The van der Waals surface area contributed by atoms with Crippen molar-refractivity contribution in [2.75, 3.05) is 13.1 Å². The molecule has 0 spiro atoms. The van der Waals surface area contributed by atoms with E-state index in [0.717, 1.165) is 32.6 Å². The first-order valence-corrected chi connectivity index (χ1v) is 15.0. The standard InChI is InChI=1S/C32H43N3OS/c1-4-35-30-16-13-26(22-33-17-11-9-7-5-6-8-10-12-18-34-25(3)36)20-29(30)28-15-14-27(21-31(28)35)32-19-24(2)23-37-32/h13-16,19-21,23,33H,4-12,17-18,22H2,1-3H3,(H,34,36). The van der Waals surface area contributed by atoms with E-state index in [1.54, 1.807) is 6.92 Å². The predicted molar refractivity (Wildman–Crippen MR) is 160 cm³/mol. The summed E-state index contributed by atoms with van der Waals surface area (Å²) in [6.45, 7) is 9.79. The number of amides is 1. The average molecular weight is 518 g/mol. The second kappa shape index (κ2) is 13.8. The Labute approximate surface area is 226 Å². The first-order chi connectivity index (χ1) is 18.1. The summed E-state index contributed by atoms with van der Waals surface area (Å²) in [5.41, 5.74) is 6.67. The summed E-state index contributed by atoms with van der Waals surface area (Å²) in [6, 6.07) is 16.2. The minimum atomic E-state index is 0.0804. The van der Waals surface area contributed by atoms with Gasteiger partial charge in [0.15, 0.2) is 0 Å². The molecule has 0 unspecified atom stereocenters. The molecule has 37 heavy (non-hydrogen) atoms. The Morgan fingerprint density at radius 2 is 1.57 bits per heavy atom. The minimum Gasteiger partial charge on any atom is -0.356 e. The molecule has 0 saturated heterocycles. The third-order valence-corrected chi connectivity index (χ3v) is 8.34. The molecular formula is C32H43N3OS. The molecule has 198 valence electrons. The summed E-state index contributed by atoms with van der Waals surface area (Å²) in [5, 5.41) is 11.5. The summed E-state index contributed by atoms with van der Waals surface area (Å²) in [6.07, 6.45) is 10.1. The second-order valence-corrected chi connectivity index (χ2v) is 11.2. The van der Waals surface area contributed by atoms with Crippen molar-refractivity contribution in [3.63, 3.8) is 0 Å². The molecular weight excluding hydrogens is 474 g/mol. The summed E-state index contributed by atoms with van der Waals surface area (Å²) in [5.74, 6) is 0.0804. The molecule has 2 heterocycles. The fourth-order valence-electron chi connectivity index (χ4n) is 5.27. The number of carbonyl (C=O) groups excluding carboxylic acids is 1. The Morgan fingerprint density at radius 1 is 0.838 bits per heavy atom. The number of fused-ring (bicyclic) bond motifs is 3. The molecule has 5 heteroatoms. The minimum absolute atomic E-state index is 0.0804. The SMILES string of the molecule is CCn1c2ccc(CNCCCCCCCCCCNC(C)=O)cc2c2ccc(-c3cc(C)cs3)cc21. The summed E-state index contributed by atoms with van der Waals surface area (Å²) in [7, 11) is 0. The van der Waals surface area contributed by atoms with Crippen LogP contribution in [-0.4, -0.2) is 23.6 Å². The molecule has 0 saturated carbocycles. The fraction of sp³-hybridized carbons (Fsp3) is 0.469. The number of benzene rings is 2. The highest BCUT2D eigenvalue weighted by atomic mass is 32.1. The van der Waals surface area contributed by atoms with Gasteiger partial charge in [0.25, 0.3) is 0 Å². The van der Waals surface area contributed by atoms with Crippen LogP contribution in [0.4, 0.5) is 0 Å². The van der Waals surface area contributed by atoms with Crippen LogP contribution in [0, 0.1) is 6.92 Å². The van der Waals surface area contributed by atoms with Crippen molar-refractivity contribution >= 4 is 39.0 Å². The monoisotopic (exact) mass is 517 g/mol. The molecule has 2 N–H and O–H groups in total. The van der Waals surface area contributed by atoms with Crippen LogP contribution in [0.5, 0.6) is 0 Å². The third kappa shape index (κ3) is 7.45. The second-order valence-electron chi connectivity index (χ2n) is 10.3. The lowest BCUT2D eigenvalue weighted by atomic mass is 10.1. The summed E-state index contributed by atoms with van der Waals surface area (Å²) >= 11 is 1.83. The van der Waals surface area contributed by atoms with Crippen molar-refractivity contribution in [3.05, 3.63) is 59.0 Å². The van der Waals surface area contributed by atoms with Crippen LogP contribution < -0.4 is 10.6 Å². The highest BCUT2D eigenvalue weighted by molar-refractivity contribution is 7.13. The van der Waals surface area contributed by atoms with Crippen LogP contribution in [0.3, 0.4) is 0 Å². The molecule has 0 radical (unpaired) electrons. The van der Waals surface area contributed by atoms with Crippen LogP contribution in [0.15, 0.2) is 47.8 Å². The number of hydrogen-bond acceptors (Lipinski definition) is 3. The van der Waals surface area contributed by atoms with Crippen LogP contribution in [0.1, 0.15) is 76.3 Å². The maximum Gasteiger partial charge on any atom is 0.216 e. The first kappa shape index (κ1) is 27.4. The first-order valence-electron chi connectivity index (χ1n) is 14.1. The van der Waals surface area contributed by atoms with Gasteiger partial charge in [-0.25, -0.2) is 0 Å². The van der Waals surface area contributed by atoms with Crippen molar-refractivity contribution in [3.8, 4) is 10.4 Å². The number of hydrogen-bond donors (Lipinski definition) is 2. The molecule has 0 bridgehead atoms. The van der Waals surface area contributed by atoms with Crippen LogP contribution in [0.2, 0.25) is 0 Å². The van der Waals surface area contributed by atoms with Gasteiger partial charge in [0.1, 0.15) is 0 Å². The highest BCUT2D eigenvalue weighted by Gasteiger charge is 2.12. The highest BCUT2D eigenvalue weighted by Crippen LogP contribution is 2.35. The molecule has 0 atom stereocenters. The molecule has 2 aromatic heterocycles. The smallest absolute Gasteiger partial charge is 0.216 e. The van der Waals surface area contributed by atoms with Gasteiger partial charge >= 0.3 is 0 Å². The molecule has 2 aromatic carbocycles. The van der Waals surface area contributed by atoms with Crippen LogP contribution in [0.25, 0.3) is 32.2 Å². The van der Waals surface area contributed by atoms with Gasteiger partial charge in [0.2, 0.25) is 5.91 Å². The van der Waals surface area contributed by atoms with E-state index < -0.39 is 0 Å². The van der Waals surface area contributed by atoms with Crippen molar-refractivity contribution in [1.29, 1.82) is 0 Å². The maximum absolute atomic E-state index is 10.9. The van der Waals surface area contributed by atoms with E-state index in [2.05, 4.69) is 76.9 Å². The largest absolute Gasteiger partial charge is 0.356 e. The van der Waals surface area contributed by atoms with E-state index in [1.165, 1.54) is 88.3 Å². The van der Waals surface area contributed by atoms with Crippen molar-refractivity contribution in [1.82, 2.24) is 15.2 Å². The Bertz CT molecular complexity index is 1300.